The van der Waals surface area contributed by atoms with E-state index in [9.17, 15) is 9.18 Å². The van der Waals surface area contributed by atoms with Gasteiger partial charge in [-0.3, -0.25) is 4.79 Å². The molecule has 3 rings (SSSR count). The van der Waals surface area contributed by atoms with Gasteiger partial charge < -0.3 is 16.0 Å². The third-order valence-electron chi connectivity index (χ3n) is 5.59. The van der Waals surface area contributed by atoms with Crippen molar-refractivity contribution < 1.29 is 9.18 Å². The van der Waals surface area contributed by atoms with E-state index in [4.69, 9.17) is 0 Å². The lowest BCUT2D eigenvalue weighted by atomic mass is 9.95. The summed E-state index contributed by atoms with van der Waals surface area (Å²) in [5.74, 6) is 0.429. The molecule has 1 aromatic carbocycles. The molecule has 0 aliphatic heterocycles. The molecule has 0 radical (unpaired) electrons. The SMILES string of the molecule is CCNC(=NCC(=O)NC1CCCCC1)NCC1(c2ccccc2F)CC1.I. The molecule has 2 aliphatic rings. The molecule has 0 spiro atoms. The van der Waals surface area contributed by atoms with E-state index < -0.39 is 0 Å². The van der Waals surface area contributed by atoms with Crippen LogP contribution in [-0.4, -0.2) is 37.5 Å². The monoisotopic (exact) mass is 502 g/mol. The van der Waals surface area contributed by atoms with Crippen molar-refractivity contribution >= 4 is 35.8 Å². The van der Waals surface area contributed by atoms with Crippen molar-refractivity contribution in [1.29, 1.82) is 0 Å². The van der Waals surface area contributed by atoms with Gasteiger partial charge in [-0.25, -0.2) is 9.38 Å². The summed E-state index contributed by atoms with van der Waals surface area (Å²) in [6, 6.07) is 7.29. The van der Waals surface area contributed by atoms with E-state index in [0.717, 1.165) is 31.2 Å². The smallest absolute Gasteiger partial charge is 0.242 e. The second kappa shape index (κ2) is 11.0. The Morgan fingerprint density at radius 2 is 1.89 bits per heavy atom. The van der Waals surface area contributed by atoms with Gasteiger partial charge in [-0.1, -0.05) is 37.5 Å². The molecule has 0 atom stereocenters. The summed E-state index contributed by atoms with van der Waals surface area (Å²) in [6.45, 7) is 3.42. The van der Waals surface area contributed by atoms with Crippen molar-refractivity contribution in [3.8, 4) is 0 Å². The third-order valence-corrected chi connectivity index (χ3v) is 5.59. The van der Waals surface area contributed by atoms with Gasteiger partial charge in [0.25, 0.3) is 0 Å². The van der Waals surface area contributed by atoms with Gasteiger partial charge in [0, 0.05) is 24.5 Å². The van der Waals surface area contributed by atoms with E-state index in [1.807, 2.05) is 19.1 Å². The van der Waals surface area contributed by atoms with E-state index in [1.54, 1.807) is 6.07 Å². The van der Waals surface area contributed by atoms with Crippen LogP contribution in [0.3, 0.4) is 0 Å². The van der Waals surface area contributed by atoms with Gasteiger partial charge in [-0.15, -0.1) is 24.0 Å². The predicted octanol–water partition coefficient (Wildman–Crippen LogP) is 3.48. The van der Waals surface area contributed by atoms with Crippen LogP contribution in [0.2, 0.25) is 0 Å². The lowest BCUT2D eigenvalue weighted by molar-refractivity contribution is -0.120. The molecule has 1 amide bonds. The number of hydrogen-bond acceptors (Lipinski definition) is 2. The number of nitrogens with zero attached hydrogens (tertiary/aromatic N) is 1. The van der Waals surface area contributed by atoms with Gasteiger partial charge in [-0.2, -0.15) is 0 Å². The van der Waals surface area contributed by atoms with Crippen molar-refractivity contribution in [2.45, 2.75) is 63.3 Å². The van der Waals surface area contributed by atoms with Crippen LogP contribution in [-0.2, 0) is 10.2 Å². The number of rotatable bonds is 7. The summed E-state index contributed by atoms with van der Waals surface area (Å²) >= 11 is 0. The van der Waals surface area contributed by atoms with Crippen molar-refractivity contribution in [3.63, 3.8) is 0 Å². The maximum Gasteiger partial charge on any atom is 0.242 e. The minimum absolute atomic E-state index is 0. The molecule has 156 valence electrons. The van der Waals surface area contributed by atoms with Gasteiger partial charge in [-0.05, 0) is 44.2 Å². The van der Waals surface area contributed by atoms with Gasteiger partial charge in [0.15, 0.2) is 5.96 Å². The number of aliphatic imine (C=N–C) groups is 1. The van der Waals surface area contributed by atoms with E-state index in [-0.39, 0.29) is 47.7 Å². The maximum absolute atomic E-state index is 14.1. The molecule has 0 unspecified atom stereocenters. The van der Waals surface area contributed by atoms with Crippen LogP contribution in [0.5, 0.6) is 0 Å². The lowest BCUT2D eigenvalue weighted by Gasteiger charge is -2.22. The minimum atomic E-state index is -0.161. The summed E-state index contributed by atoms with van der Waals surface area (Å²) in [5.41, 5.74) is 0.606. The minimum Gasteiger partial charge on any atom is -0.357 e. The van der Waals surface area contributed by atoms with Gasteiger partial charge in [0.05, 0.1) is 0 Å². The Labute approximate surface area is 184 Å². The quantitative estimate of drug-likeness (QED) is 0.304. The van der Waals surface area contributed by atoms with Gasteiger partial charge >= 0.3 is 0 Å². The molecule has 5 nitrogen and oxygen atoms in total. The number of benzene rings is 1. The Morgan fingerprint density at radius 3 is 2.54 bits per heavy atom. The Bertz CT molecular complexity index is 672. The second-order valence-electron chi connectivity index (χ2n) is 7.71. The summed E-state index contributed by atoms with van der Waals surface area (Å²) in [5, 5.41) is 9.56. The molecule has 28 heavy (non-hydrogen) atoms. The summed E-state index contributed by atoms with van der Waals surface area (Å²) in [6.07, 6.45) is 7.71. The predicted molar refractivity (Wildman–Crippen MR) is 122 cm³/mol. The van der Waals surface area contributed by atoms with Crippen LogP contribution in [0, 0.1) is 5.82 Å². The molecule has 1 aromatic rings. The number of carbonyl (C=O) groups is 1. The third kappa shape index (κ3) is 6.32. The molecule has 0 heterocycles. The fraction of sp³-hybridized carbons (Fsp3) is 0.619. The van der Waals surface area contributed by atoms with Crippen molar-refractivity contribution in [1.82, 2.24) is 16.0 Å². The number of nitrogens with one attached hydrogen (secondary N) is 3. The Balaban J connectivity index is 0.00000280. The highest BCUT2D eigenvalue weighted by Gasteiger charge is 2.45. The molecule has 3 N–H and O–H groups in total. The summed E-state index contributed by atoms with van der Waals surface area (Å²) in [4.78, 5) is 16.6. The zero-order chi connectivity index (χ0) is 19.1. The first-order chi connectivity index (χ1) is 13.1. The number of hydrogen-bond donors (Lipinski definition) is 3. The average molecular weight is 502 g/mol. The zero-order valence-electron chi connectivity index (χ0n) is 16.6. The van der Waals surface area contributed by atoms with Crippen LogP contribution in [0.25, 0.3) is 0 Å². The van der Waals surface area contributed by atoms with Crippen LogP contribution >= 0.6 is 24.0 Å². The number of carbonyl (C=O) groups excluding carboxylic acids is 1. The summed E-state index contributed by atoms with van der Waals surface area (Å²) < 4.78 is 14.1. The molecule has 0 aromatic heterocycles. The average Bonchev–Trinajstić information content (AvgIpc) is 3.46. The fourth-order valence-electron chi connectivity index (χ4n) is 3.85. The second-order valence-corrected chi connectivity index (χ2v) is 7.71. The first-order valence-electron chi connectivity index (χ1n) is 10.2. The van der Waals surface area contributed by atoms with E-state index in [1.165, 1.54) is 25.3 Å². The molecule has 0 bridgehead atoms. The zero-order valence-corrected chi connectivity index (χ0v) is 18.9. The lowest BCUT2D eigenvalue weighted by Crippen LogP contribution is -2.43. The van der Waals surface area contributed by atoms with Crippen LogP contribution < -0.4 is 16.0 Å². The first kappa shape index (κ1) is 22.9. The van der Waals surface area contributed by atoms with Crippen LogP contribution in [0.1, 0.15) is 57.4 Å². The van der Waals surface area contributed by atoms with Crippen molar-refractivity contribution in [2.75, 3.05) is 19.6 Å². The van der Waals surface area contributed by atoms with Gasteiger partial charge in [0.2, 0.25) is 5.91 Å². The largest absolute Gasteiger partial charge is 0.357 e. The van der Waals surface area contributed by atoms with Crippen molar-refractivity contribution in [3.05, 3.63) is 35.6 Å². The Kier molecular flexibility index (Phi) is 8.98. The number of guanidine groups is 1. The van der Waals surface area contributed by atoms with Crippen LogP contribution in [0.4, 0.5) is 4.39 Å². The van der Waals surface area contributed by atoms with Gasteiger partial charge in [0.1, 0.15) is 12.4 Å². The van der Waals surface area contributed by atoms with E-state index >= 15 is 0 Å². The molecule has 7 heteroatoms. The number of amides is 1. The fourth-order valence-corrected chi connectivity index (χ4v) is 3.85. The number of halogens is 2. The molecule has 0 saturated heterocycles. The van der Waals surface area contributed by atoms with Crippen molar-refractivity contribution in [2.24, 2.45) is 4.99 Å². The Hall–Kier alpha value is -1.38. The maximum atomic E-state index is 14.1. The standard InChI is InChI=1S/C21H31FN4O.HI/c1-2-23-20(24-14-19(27)26-16-8-4-3-5-9-16)25-15-21(12-13-21)17-10-6-7-11-18(17)22;/h6-7,10-11,16H,2-5,8-9,12-15H2,1H3,(H,26,27)(H2,23,24,25);1H. The van der Waals surface area contributed by atoms with Crippen LogP contribution in [0.15, 0.2) is 29.3 Å². The summed E-state index contributed by atoms with van der Waals surface area (Å²) in [7, 11) is 0. The normalized spacial score (nSPS) is 18.7. The highest BCUT2D eigenvalue weighted by Crippen LogP contribution is 2.48. The first-order valence-corrected chi connectivity index (χ1v) is 10.2. The molecule has 2 fully saturated rings. The van der Waals surface area contributed by atoms with E-state index in [0.29, 0.717) is 25.1 Å². The molecule has 2 saturated carbocycles. The topological polar surface area (TPSA) is 65.5 Å². The molecular weight excluding hydrogens is 470 g/mol. The Morgan fingerprint density at radius 1 is 1.18 bits per heavy atom. The molecule has 2 aliphatic carbocycles. The highest BCUT2D eigenvalue weighted by atomic mass is 127. The highest BCUT2D eigenvalue weighted by molar-refractivity contribution is 14.0. The van der Waals surface area contributed by atoms with E-state index in [2.05, 4.69) is 20.9 Å². The molecular formula is C21H32FIN4O.